The highest BCUT2D eigenvalue weighted by Gasteiger charge is 2.36. The third kappa shape index (κ3) is 2.19. The van der Waals surface area contributed by atoms with Crippen LogP contribution in [-0.4, -0.2) is 23.2 Å². The standard InChI is InChI=1S/C8H16N2O2/c1-4-2-5(4)3-6(9)7(11)8(10)12/h4-7,11H,2-3,9H2,1H3,(H2,10,12)/t4-,5+,6?,7?/m0/s1. The monoisotopic (exact) mass is 172 g/mol. The Labute approximate surface area is 71.9 Å². The second kappa shape index (κ2) is 3.41. The molecule has 0 saturated heterocycles. The van der Waals surface area contributed by atoms with Crippen LogP contribution in [0.15, 0.2) is 0 Å². The quantitative estimate of drug-likeness (QED) is 0.519. The third-order valence-electron chi connectivity index (χ3n) is 2.55. The highest BCUT2D eigenvalue weighted by molar-refractivity contribution is 5.79. The zero-order chi connectivity index (χ0) is 9.30. The van der Waals surface area contributed by atoms with Crippen LogP contribution < -0.4 is 11.5 Å². The predicted octanol–water partition coefficient (Wildman–Crippen LogP) is -0.794. The molecule has 1 aliphatic rings. The molecule has 0 heterocycles. The number of rotatable bonds is 4. The number of primary amides is 1. The molecule has 4 atom stereocenters. The summed E-state index contributed by atoms with van der Waals surface area (Å²) >= 11 is 0. The Balaban J connectivity index is 2.27. The molecule has 4 nitrogen and oxygen atoms in total. The minimum atomic E-state index is -1.18. The first-order chi connectivity index (χ1) is 5.52. The predicted molar refractivity (Wildman–Crippen MR) is 45.1 cm³/mol. The molecule has 1 fully saturated rings. The van der Waals surface area contributed by atoms with Gasteiger partial charge in [-0.25, -0.2) is 0 Å². The summed E-state index contributed by atoms with van der Waals surface area (Å²) < 4.78 is 0. The summed E-state index contributed by atoms with van der Waals surface area (Å²) in [5.74, 6) is 0.543. The molecule has 0 aromatic carbocycles. The normalized spacial score (nSPS) is 32.6. The molecule has 1 aliphatic carbocycles. The summed E-state index contributed by atoms with van der Waals surface area (Å²) in [6.45, 7) is 2.13. The maximum atomic E-state index is 10.5. The number of hydrogen-bond acceptors (Lipinski definition) is 3. The molecule has 1 amide bonds. The molecule has 12 heavy (non-hydrogen) atoms. The Morgan fingerprint density at radius 1 is 1.75 bits per heavy atom. The van der Waals surface area contributed by atoms with Crippen molar-refractivity contribution in [2.24, 2.45) is 23.3 Å². The second-order valence-corrected chi connectivity index (χ2v) is 3.72. The Hall–Kier alpha value is -0.610. The first-order valence-electron chi connectivity index (χ1n) is 4.25. The molecule has 4 heteroatoms. The maximum Gasteiger partial charge on any atom is 0.247 e. The van der Waals surface area contributed by atoms with Gasteiger partial charge in [-0.15, -0.1) is 0 Å². The number of nitrogens with two attached hydrogens (primary N) is 2. The Bertz CT molecular complexity index is 184. The first kappa shape index (κ1) is 9.48. The Morgan fingerprint density at radius 2 is 2.25 bits per heavy atom. The molecular formula is C8H16N2O2. The number of amides is 1. The van der Waals surface area contributed by atoms with Crippen molar-refractivity contribution in [3.8, 4) is 0 Å². The molecule has 0 aromatic rings. The van der Waals surface area contributed by atoms with E-state index in [4.69, 9.17) is 16.6 Å². The third-order valence-corrected chi connectivity index (χ3v) is 2.55. The van der Waals surface area contributed by atoms with E-state index < -0.39 is 18.1 Å². The molecule has 70 valence electrons. The zero-order valence-corrected chi connectivity index (χ0v) is 7.23. The highest BCUT2D eigenvalue weighted by atomic mass is 16.3. The van der Waals surface area contributed by atoms with Crippen LogP contribution in [0.25, 0.3) is 0 Å². The summed E-state index contributed by atoms with van der Waals surface area (Å²) in [5.41, 5.74) is 10.5. The lowest BCUT2D eigenvalue weighted by molar-refractivity contribution is -0.127. The van der Waals surface area contributed by atoms with Crippen LogP contribution in [0.4, 0.5) is 0 Å². The summed E-state index contributed by atoms with van der Waals surface area (Å²) in [7, 11) is 0. The van der Waals surface area contributed by atoms with E-state index in [0.29, 0.717) is 18.3 Å². The van der Waals surface area contributed by atoms with Crippen LogP contribution >= 0.6 is 0 Å². The lowest BCUT2D eigenvalue weighted by Gasteiger charge is -2.14. The van der Waals surface area contributed by atoms with Crippen molar-refractivity contribution in [3.05, 3.63) is 0 Å². The van der Waals surface area contributed by atoms with Crippen molar-refractivity contribution in [3.63, 3.8) is 0 Å². The topological polar surface area (TPSA) is 89.3 Å². The van der Waals surface area contributed by atoms with Gasteiger partial charge in [-0.1, -0.05) is 6.92 Å². The van der Waals surface area contributed by atoms with E-state index in [0.717, 1.165) is 6.42 Å². The van der Waals surface area contributed by atoms with E-state index in [1.165, 1.54) is 0 Å². The molecule has 0 radical (unpaired) electrons. The fraction of sp³-hybridized carbons (Fsp3) is 0.875. The summed E-state index contributed by atoms with van der Waals surface area (Å²) in [6, 6.07) is -0.488. The van der Waals surface area contributed by atoms with E-state index in [1.807, 2.05) is 0 Å². The van der Waals surface area contributed by atoms with Crippen molar-refractivity contribution in [1.82, 2.24) is 0 Å². The highest BCUT2D eigenvalue weighted by Crippen LogP contribution is 2.41. The van der Waals surface area contributed by atoms with Crippen LogP contribution in [0, 0.1) is 11.8 Å². The van der Waals surface area contributed by atoms with E-state index in [2.05, 4.69) is 6.92 Å². The lowest BCUT2D eigenvalue weighted by Crippen LogP contribution is -2.44. The van der Waals surface area contributed by atoms with Gasteiger partial charge in [-0.05, 0) is 24.7 Å². The molecule has 5 N–H and O–H groups in total. The average molecular weight is 172 g/mol. The summed E-state index contributed by atoms with van der Waals surface area (Å²) in [6.07, 6.45) is 0.669. The number of carbonyl (C=O) groups excluding carboxylic acids is 1. The Morgan fingerprint density at radius 3 is 2.58 bits per heavy atom. The van der Waals surface area contributed by atoms with Crippen LogP contribution in [-0.2, 0) is 4.79 Å². The van der Waals surface area contributed by atoms with Gasteiger partial charge in [0.15, 0.2) is 0 Å². The molecule has 0 bridgehead atoms. The summed E-state index contributed by atoms with van der Waals surface area (Å²) in [4.78, 5) is 10.5. The fourth-order valence-corrected chi connectivity index (χ4v) is 1.42. The van der Waals surface area contributed by atoms with Gasteiger partial charge in [0.1, 0.15) is 6.10 Å². The van der Waals surface area contributed by atoms with Gasteiger partial charge in [0.05, 0.1) is 0 Å². The average Bonchev–Trinajstić information content (AvgIpc) is 2.64. The summed E-state index contributed by atoms with van der Waals surface area (Å²) in [5, 5.41) is 9.16. The van der Waals surface area contributed by atoms with Gasteiger partial charge in [0.25, 0.3) is 0 Å². The van der Waals surface area contributed by atoms with Crippen molar-refractivity contribution in [1.29, 1.82) is 0 Å². The molecule has 1 rings (SSSR count). The molecule has 0 aliphatic heterocycles. The number of aliphatic hydroxyl groups is 1. The van der Waals surface area contributed by atoms with E-state index in [1.54, 1.807) is 0 Å². The van der Waals surface area contributed by atoms with Gasteiger partial charge in [0, 0.05) is 6.04 Å². The van der Waals surface area contributed by atoms with Crippen LogP contribution in [0.2, 0.25) is 0 Å². The number of carbonyl (C=O) groups is 1. The van der Waals surface area contributed by atoms with Crippen molar-refractivity contribution >= 4 is 5.91 Å². The van der Waals surface area contributed by atoms with Gasteiger partial charge < -0.3 is 16.6 Å². The van der Waals surface area contributed by atoms with Crippen molar-refractivity contribution in [2.75, 3.05) is 0 Å². The molecule has 0 aromatic heterocycles. The molecule has 2 unspecified atom stereocenters. The molecular weight excluding hydrogens is 156 g/mol. The van der Waals surface area contributed by atoms with Gasteiger partial charge in [-0.3, -0.25) is 4.79 Å². The number of aliphatic hydroxyl groups excluding tert-OH is 1. The minimum Gasteiger partial charge on any atom is -0.382 e. The second-order valence-electron chi connectivity index (χ2n) is 3.72. The van der Waals surface area contributed by atoms with Crippen molar-refractivity contribution in [2.45, 2.75) is 31.9 Å². The van der Waals surface area contributed by atoms with Gasteiger partial charge in [0.2, 0.25) is 5.91 Å². The lowest BCUT2D eigenvalue weighted by atomic mass is 10.0. The first-order valence-corrected chi connectivity index (χ1v) is 4.25. The minimum absolute atomic E-state index is 0.488. The molecule has 1 saturated carbocycles. The number of hydrogen-bond donors (Lipinski definition) is 3. The largest absolute Gasteiger partial charge is 0.382 e. The van der Waals surface area contributed by atoms with E-state index in [9.17, 15) is 4.79 Å². The van der Waals surface area contributed by atoms with Crippen LogP contribution in [0.1, 0.15) is 19.8 Å². The van der Waals surface area contributed by atoms with Crippen molar-refractivity contribution < 1.29 is 9.90 Å². The van der Waals surface area contributed by atoms with Gasteiger partial charge in [-0.2, -0.15) is 0 Å². The maximum absolute atomic E-state index is 10.5. The van der Waals surface area contributed by atoms with Gasteiger partial charge >= 0.3 is 0 Å². The fourth-order valence-electron chi connectivity index (χ4n) is 1.42. The van der Waals surface area contributed by atoms with Crippen LogP contribution in [0.3, 0.4) is 0 Å². The SMILES string of the molecule is C[C@H]1C[C@@H]1CC(N)C(O)C(N)=O. The molecule has 0 spiro atoms. The smallest absolute Gasteiger partial charge is 0.247 e. The zero-order valence-electron chi connectivity index (χ0n) is 7.23. The van der Waals surface area contributed by atoms with E-state index in [-0.39, 0.29) is 0 Å². The van der Waals surface area contributed by atoms with Crippen LogP contribution in [0.5, 0.6) is 0 Å². The van der Waals surface area contributed by atoms with E-state index >= 15 is 0 Å². The Kier molecular flexibility index (Phi) is 2.69.